The Balaban J connectivity index is 1.60. The maximum Gasteiger partial charge on any atom is 0.248 e. The van der Waals surface area contributed by atoms with Crippen LogP contribution in [0.3, 0.4) is 0 Å². The van der Waals surface area contributed by atoms with Crippen LogP contribution in [-0.4, -0.2) is 16.0 Å². The summed E-state index contributed by atoms with van der Waals surface area (Å²) in [5.74, 6) is 1.13. The number of hydrogen-bond acceptors (Lipinski definition) is 4. The molecule has 0 atom stereocenters. The maximum absolute atomic E-state index is 12.2. The molecule has 0 fully saturated rings. The van der Waals surface area contributed by atoms with Crippen molar-refractivity contribution in [3.63, 3.8) is 0 Å². The minimum atomic E-state index is -0.204. The number of amides is 1. The Kier molecular flexibility index (Phi) is 5.97. The van der Waals surface area contributed by atoms with Gasteiger partial charge < -0.3 is 15.2 Å². The molecule has 0 unspecified atom stereocenters. The molecule has 5 nitrogen and oxygen atoms in total. The lowest BCUT2D eigenvalue weighted by molar-refractivity contribution is -0.111. The van der Waals surface area contributed by atoms with Gasteiger partial charge in [0.2, 0.25) is 5.91 Å². The van der Waals surface area contributed by atoms with Crippen LogP contribution in [0.15, 0.2) is 79.1 Å². The summed E-state index contributed by atoms with van der Waals surface area (Å²) in [5, 5.41) is 11.9. The highest BCUT2D eigenvalue weighted by Crippen LogP contribution is 2.23. The molecule has 0 saturated carbocycles. The van der Waals surface area contributed by atoms with Crippen molar-refractivity contribution in [2.24, 2.45) is 0 Å². The zero-order valence-electron chi connectivity index (χ0n) is 14.9. The molecule has 1 amide bonds. The highest BCUT2D eigenvalue weighted by Gasteiger charge is 2.03. The zero-order chi connectivity index (χ0) is 19.1. The molecule has 136 valence electrons. The number of nitrogens with zero attached hydrogens (tertiary/aromatic N) is 1. The second-order valence-corrected chi connectivity index (χ2v) is 5.99. The van der Waals surface area contributed by atoms with Gasteiger partial charge in [-0.2, -0.15) is 0 Å². The van der Waals surface area contributed by atoms with E-state index in [4.69, 9.17) is 9.84 Å². The van der Waals surface area contributed by atoms with Crippen LogP contribution < -0.4 is 10.1 Å². The lowest BCUT2D eigenvalue weighted by Crippen LogP contribution is -2.08. The monoisotopic (exact) mass is 360 g/mol. The van der Waals surface area contributed by atoms with Crippen molar-refractivity contribution in [2.45, 2.75) is 13.5 Å². The van der Waals surface area contributed by atoms with Crippen molar-refractivity contribution in [1.82, 2.24) is 4.98 Å². The minimum absolute atomic E-state index is 0.00335. The molecule has 3 aromatic rings. The van der Waals surface area contributed by atoms with E-state index in [0.29, 0.717) is 17.2 Å². The fourth-order valence-corrected chi connectivity index (χ4v) is 2.46. The van der Waals surface area contributed by atoms with E-state index in [-0.39, 0.29) is 12.5 Å². The number of carbonyl (C=O) groups excluding carboxylic acids is 1. The number of allylic oxidation sites excluding steroid dienone is 1. The second kappa shape index (κ2) is 8.78. The molecule has 0 spiro atoms. The standard InChI is InChI=1S/C22H20N2O3/c1-16(18-3-2-12-23-14-18)13-22(26)24-19-6-10-21(11-7-19)27-20-8-4-17(15-25)5-9-20/h2-14,25H,15H2,1H3,(H,24,26)/b16-13+. The van der Waals surface area contributed by atoms with E-state index in [1.165, 1.54) is 0 Å². The van der Waals surface area contributed by atoms with Crippen LogP contribution in [-0.2, 0) is 11.4 Å². The largest absolute Gasteiger partial charge is 0.457 e. The molecule has 2 aromatic carbocycles. The molecule has 3 rings (SSSR count). The number of carbonyl (C=O) groups is 1. The van der Waals surface area contributed by atoms with Crippen molar-refractivity contribution in [3.8, 4) is 11.5 Å². The zero-order valence-corrected chi connectivity index (χ0v) is 14.9. The first-order valence-electron chi connectivity index (χ1n) is 8.51. The van der Waals surface area contributed by atoms with Crippen molar-refractivity contribution < 1.29 is 14.6 Å². The van der Waals surface area contributed by atoms with E-state index < -0.39 is 0 Å². The normalized spacial score (nSPS) is 11.1. The van der Waals surface area contributed by atoms with Crippen molar-refractivity contribution in [1.29, 1.82) is 0 Å². The topological polar surface area (TPSA) is 71.5 Å². The molecule has 0 aliphatic carbocycles. The van der Waals surface area contributed by atoms with Crippen LogP contribution in [0.2, 0.25) is 0 Å². The Morgan fingerprint density at radius 1 is 1.07 bits per heavy atom. The van der Waals surface area contributed by atoms with Crippen molar-refractivity contribution in [2.75, 3.05) is 5.32 Å². The number of rotatable bonds is 6. The predicted octanol–water partition coefficient (Wildman–Crippen LogP) is 4.41. The second-order valence-electron chi connectivity index (χ2n) is 5.99. The molecule has 0 bridgehead atoms. The minimum Gasteiger partial charge on any atom is -0.457 e. The van der Waals surface area contributed by atoms with Gasteiger partial charge >= 0.3 is 0 Å². The molecule has 0 radical (unpaired) electrons. The summed E-state index contributed by atoms with van der Waals surface area (Å²) in [5.41, 5.74) is 3.25. The maximum atomic E-state index is 12.2. The van der Waals surface area contributed by atoms with Crippen LogP contribution in [0.1, 0.15) is 18.1 Å². The van der Waals surface area contributed by atoms with Gasteiger partial charge in [-0.05, 0) is 66.1 Å². The van der Waals surface area contributed by atoms with Gasteiger partial charge in [0, 0.05) is 24.2 Å². The van der Waals surface area contributed by atoms with Crippen molar-refractivity contribution in [3.05, 3.63) is 90.3 Å². The number of anilines is 1. The first-order chi connectivity index (χ1) is 13.1. The number of ether oxygens (including phenoxy) is 1. The van der Waals surface area contributed by atoms with E-state index in [9.17, 15) is 4.79 Å². The SMILES string of the molecule is C/C(=C\C(=O)Nc1ccc(Oc2ccc(CO)cc2)cc1)c1cccnc1. The van der Waals surface area contributed by atoms with E-state index in [1.54, 1.807) is 67.0 Å². The van der Waals surface area contributed by atoms with Crippen LogP contribution in [0.4, 0.5) is 5.69 Å². The third-order valence-electron chi connectivity index (χ3n) is 3.93. The third-order valence-corrected chi connectivity index (χ3v) is 3.93. The smallest absolute Gasteiger partial charge is 0.248 e. The quantitative estimate of drug-likeness (QED) is 0.639. The van der Waals surface area contributed by atoms with Crippen LogP contribution in [0.25, 0.3) is 5.57 Å². The first-order valence-corrected chi connectivity index (χ1v) is 8.51. The van der Waals surface area contributed by atoms with Gasteiger partial charge in [0.1, 0.15) is 11.5 Å². The molecule has 1 aromatic heterocycles. The number of hydrogen-bond donors (Lipinski definition) is 2. The fourth-order valence-electron chi connectivity index (χ4n) is 2.46. The Bertz CT molecular complexity index is 918. The van der Waals surface area contributed by atoms with Gasteiger partial charge in [-0.15, -0.1) is 0 Å². The van der Waals surface area contributed by atoms with Gasteiger partial charge in [0.25, 0.3) is 0 Å². The summed E-state index contributed by atoms with van der Waals surface area (Å²) in [7, 11) is 0. The lowest BCUT2D eigenvalue weighted by Gasteiger charge is -2.08. The summed E-state index contributed by atoms with van der Waals surface area (Å²) in [6, 6.07) is 18.1. The Morgan fingerprint density at radius 2 is 1.74 bits per heavy atom. The van der Waals surface area contributed by atoms with Gasteiger partial charge in [-0.1, -0.05) is 18.2 Å². The van der Waals surface area contributed by atoms with E-state index >= 15 is 0 Å². The number of nitrogens with one attached hydrogen (secondary N) is 1. The lowest BCUT2D eigenvalue weighted by atomic mass is 10.1. The first kappa shape index (κ1) is 18.4. The molecular weight excluding hydrogens is 340 g/mol. The summed E-state index contributed by atoms with van der Waals surface area (Å²) in [6.45, 7) is 1.87. The summed E-state index contributed by atoms with van der Waals surface area (Å²) in [4.78, 5) is 16.2. The summed E-state index contributed by atoms with van der Waals surface area (Å²) >= 11 is 0. The van der Waals surface area contributed by atoms with Crippen molar-refractivity contribution >= 4 is 17.2 Å². The van der Waals surface area contributed by atoms with Crippen LogP contribution >= 0.6 is 0 Å². The molecule has 0 aliphatic rings. The van der Waals surface area contributed by atoms with Crippen LogP contribution in [0.5, 0.6) is 11.5 Å². The Hall–Kier alpha value is -3.44. The van der Waals surface area contributed by atoms with E-state index in [1.807, 2.05) is 19.1 Å². The molecule has 2 N–H and O–H groups in total. The summed E-state index contributed by atoms with van der Waals surface area (Å²) in [6.07, 6.45) is 4.96. The molecule has 27 heavy (non-hydrogen) atoms. The number of pyridine rings is 1. The number of aliphatic hydroxyl groups excluding tert-OH is 1. The van der Waals surface area contributed by atoms with E-state index in [2.05, 4.69) is 10.3 Å². The average molecular weight is 360 g/mol. The number of benzene rings is 2. The highest BCUT2D eigenvalue weighted by molar-refractivity contribution is 6.03. The van der Waals surface area contributed by atoms with Gasteiger partial charge in [0.05, 0.1) is 6.61 Å². The Morgan fingerprint density at radius 3 is 2.33 bits per heavy atom. The highest BCUT2D eigenvalue weighted by atomic mass is 16.5. The Labute approximate surface area is 158 Å². The molecule has 0 saturated heterocycles. The van der Waals surface area contributed by atoms with Gasteiger partial charge in [0.15, 0.2) is 0 Å². The summed E-state index contributed by atoms with van der Waals surface area (Å²) < 4.78 is 5.75. The third kappa shape index (κ3) is 5.26. The molecule has 1 heterocycles. The predicted molar refractivity (Wildman–Crippen MR) is 105 cm³/mol. The van der Waals surface area contributed by atoms with Gasteiger partial charge in [-0.3, -0.25) is 9.78 Å². The van der Waals surface area contributed by atoms with E-state index in [0.717, 1.165) is 16.7 Å². The average Bonchev–Trinajstić information content (AvgIpc) is 2.70. The number of aromatic nitrogens is 1. The molecular formula is C22H20N2O3. The van der Waals surface area contributed by atoms with Gasteiger partial charge in [-0.25, -0.2) is 0 Å². The fraction of sp³-hybridized carbons (Fsp3) is 0.0909. The number of aliphatic hydroxyl groups is 1. The molecule has 5 heteroatoms. The van der Waals surface area contributed by atoms with Crippen LogP contribution in [0, 0.1) is 0 Å². The molecule has 0 aliphatic heterocycles.